The molecule has 0 aliphatic rings. The van der Waals surface area contributed by atoms with Crippen LogP contribution in [0.5, 0.6) is 5.75 Å². The Balaban J connectivity index is 1.53. The van der Waals surface area contributed by atoms with Gasteiger partial charge in [-0.1, -0.05) is 42.1 Å². The van der Waals surface area contributed by atoms with Crippen LogP contribution >= 0.6 is 11.8 Å². The minimum atomic E-state index is -0.189. The lowest BCUT2D eigenvalue weighted by Crippen LogP contribution is -2.26. The lowest BCUT2D eigenvalue weighted by molar-refractivity contribution is -0.118. The van der Waals surface area contributed by atoms with Gasteiger partial charge in [-0.25, -0.2) is 4.98 Å². The first-order chi connectivity index (χ1) is 15.0. The molecule has 2 N–H and O–H groups in total. The minimum absolute atomic E-state index is 0.139. The van der Waals surface area contributed by atoms with E-state index >= 15 is 0 Å². The molecule has 0 fully saturated rings. The van der Waals surface area contributed by atoms with Crippen molar-refractivity contribution in [3.05, 3.63) is 82.3 Å². The zero-order valence-electron chi connectivity index (χ0n) is 17.2. The highest BCUT2D eigenvalue weighted by molar-refractivity contribution is 7.99. The van der Waals surface area contributed by atoms with Gasteiger partial charge in [-0.3, -0.25) is 14.2 Å². The maximum absolute atomic E-state index is 13.1. The molecular formula is C23H22N4O3S. The third-order valence-corrected chi connectivity index (χ3v) is 5.69. The smallest absolute Gasteiger partial charge is 0.283 e. The molecule has 0 radical (unpaired) electrons. The van der Waals surface area contributed by atoms with Crippen molar-refractivity contribution in [1.29, 1.82) is 0 Å². The van der Waals surface area contributed by atoms with Crippen molar-refractivity contribution >= 4 is 28.7 Å². The van der Waals surface area contributed by atoms with Crippen LogP contribution in [0, 0.1) is 6.92 Å². The van der Waals surface area contributed by atoms with Gasteiger partial charge in [0.05, 0.1) is 24.1 Å². The molecule has 4 rings (SSSR count). The summed E-state index contributed by atoms with van der Waals surface area (Å²) >= 11 is 1.24. The number of aromatic nitrogens is 3. The number of carbonyl (C=O) groups excluding carboxylic acids is 1. The number of amides is 1. The summed E-state index contributed by atoms with van der Waals surface area (Å²) in [6, 6.07) is 18.7. The van der Waals surface area contributed by atoms with Crippen LogP contribution < -0.4 is 15.6 Å². The van der Waals surface area contributed by atoms with Crippen molar-refractivity contribution in [3.63, 3.8) is 0 Å². The Morgan fingerprint density at radius 1 is 1.16 bits per heavy atom. The number of aromatic amines is 1. The molecule has 2 heterocycles. The molecule has 31 heavy (non-hydrogen) atoms. The van der Waals surface area contributed by atoms with Gasteiger partial charge in [0.1, 0.15) is 11.3 Å². The fourth-order valence-corrected chi connectivity index (χ4v) is 4.05. The summed E-state index contributed by atoms with van der Waals surface area (Å²) in [7, 11) is 1.61. The highest BCUT2D eigenvalue weighted by Crippen LogP contribution is 2.21. The quantitative estimate of drug-likeness (QED) is 0.344. The van der Waals surface area contributed by atoms with Gasteiger partial charge in [0.15, 0.2) is 5.16 Å². The molecule has 1 amide bonds. The average molecular weight is 435 g/mol. The maximum atomic E-state index is 13.1. The normalized spacial score (nSPS) is 10.9. The summed E-state index contributed by atoms with van der Waals surface area (Å²) in [5, 5.41) is 3.37. The highest BCUT2D eigenvalue weighted by Gasteiger charge is 2.16. The Morgan fingerprint density at radius 2 is 1.90 bits per heavy atom. The number of hydrogen-bond acceptors (Lipinski definition) is 5. The number of methoxy groups -OCH3 is 1. The second kappa shape index (κ2) is 9.09. The number of rotatable bonds is 7. The number of hydrogen-bond donors (Lipinski definition) is 2. The van der Waals surface area contributed by atoms with Crippen LogP contribution in [-0.2, 0) is 11.3 Å². The molecule has 2 aromatic carbocycles. The van der Waals surface area contributed by atoms with Crippen molar-refractivity contribution < 1.29 is 9.53 Å². The van der Waals surface area contributed by atoms with Gasteiger partial charge >= 0.3 is 0 Å². The Hall–Kier alpha value is -3.52. The first-order valence-electron chi connectivity index (χ1n) is 9.75. The van der Waals surface area contributed by atoms with E-state index in [1.807, 2.05) is 67.6 Å². The molecule has 7 nitrogen and oxygen atoms in total. The Kier molecular flexibility index (Phi) is 6.08. The molecule has 2 aromatic heterocycles. The maximum Gasteiger partial charge on any atom is 0.283 e. The summed E-state index contributed by atoms with van der Waals surface area (Å²) in [4.78, 5) is 33.3. The van der Waals surface area contributed by atoms with Crippen LogP contribution in [0.15, 0.2) is 70.6 Å². The summed E-state index contributed by atoms with van der Waals surface area (Å²) < 4.78 is 6.69. The third-order valence-electron chi connectivity index (χ3n) is 4.75. The van der Waals surface area contributed by atoms with Crippen LogP contribution in [0.25, 0.3) is 16.7 Å². The third kappa shape index (κ3) is 4.64. The largest absolute Gasteiger partial charge is 0.497 e. The van der Waals surface area contributed by atoms with Gasteiger partial charge in [-0.15, -0.1) is 0 Å². The van der Waals surface area contributed by atoms with Crippen molar-refractivity contribution in [2.45, 2.75) is 18.6 Å². The summed E-state index contributed by atoms with van der Waals surface area (Å²) in [5.41, 5.74) is 3.40. The van der Waals surface area contributed by atoms with Gasteiger partial charge in [0, 0.05) is 12.2 Å². The molecule has 0 aliphatic carbocycles. The monoisotopic (exact) mass is 434 g/mol. The standard InChI is InChI=1S/C23H22N4O3S/c1-15-12-19-21(25-15)22(29)27(17-6-4-3-5-7-17)23(26-19)31-14-20(28)24-13-16-8-10-18(30-2)11-9-16/h3-12,25H,13-14H2,1-2H3,(H,24,28). The predicted molar refractivity (Wildman–Crippen MR) is 122 cm³/mol. The van der Waals surface area contributed by atoms with Gasteiger partial charge in [-0.05, 0) is 42.8 Å². The van der Waals surface area contributed by atoms with Gasteiger partial charge in [-0.2, -0.15) is 0 Å². The Morgan fingerprint density at radius 3 is 2.61 bits per heavy atom. The number of thioether (sulfide) groups is 1. The number of benzene rings is 2. The molecule has 158 valence electrons. The van der Waals surface area contributed by atoms with Crippen molar-refractivity contribution in [2.75, 3.05) is 12.9 Å². The Bertz CT molecular complexity index is 1260. The number of para-hydroxylation sites is 1. The van der Waals surface area contributed by atoms with Crippen LogP contribution in [0.4, 0.5) is 0 Å². The summed E-state index contributed by atoms with van der Waals surface area (Å²) in [6.45, 7) is 2.30. The first kappa shape index (κ1) is 20.7. The number of carbonyl (C=O) groups is 1. The van der Waals surface area contributed by atoms with E-state index in [9.17, 15) is 9.59 Å². The van der Waals surface area contributed by atoms with Crippen molar-refractivity contribution in [3.8, 4) is 11.4 Å². The molecule has 0 saturated heterocycles. The van der Waals surface area contributed by atoms with Crippen molar-refractivity contribution in [1.82, 2.24) is 19.9 Å². The molecule has 4 aromatic rings. The molecule has 0 bridgehead atoms. The second-order valence-corrected chi connectivity index (χ2v) is 7.94. The second-order valence-electron chi connectivity index (χ2n) is 7.00. The van der Waals surface area contributed by atoms with E-state index < -0.39 is 0 Å². The van der Waals surface area contributed by atoms with Crippen LogP contribution in [0.3, 0.4) is 0 Å². The van der Waals surface area contributed by atoms with E-state index in [0.717, 1.165) is 17.0 Å². The fraction of sp³-hybridized carbons (Fsp3) is 0.174. The predicted octanol–water partition coefficient (Wildman–Crippen LogP) is 3.44. The number of nitrogens with zero attached hydrogens (tertiary/aromatic N) is 2. The zero-order chi connectivity index (χ0) is 21.8. The molecule has 8 heteroatoms. The summed E-state index contributed by atoms with van der Waals surface area (Å²) in [5.74, 6) is 0.774. The van der Waals surface area contributed by atoms with E-state index in [2.05, 4.69) is 15.3 Å². The van der Waals surface area contributed by atoms with E-state index in [0.29, 0.717) is 28.4 Å². The topological polar surface area (TPSA) is 89.0 Å². The Labute approximate surface area is 183 Å². The van der Waals surface area contributed by atoms with Crippen LogP contribution in [-0.4, -0.2) is 33.3 Å². The molecule has 0 unspecified atom stereocenters. The molecular weight excluding hydrogens is 412 g/mol. The van der Waals surface area contributed by atoms with Gasteiger partial charge < -0.3 is 15.0 Å². The SMILES string of the molecule is COc1ccc(CNC(=O)CSc2nc3cc(C)[nH]c3c(=O)n2-c2ccccc2)cc1. The number of aryl methyl sites for hydroxylation is 1. The van der Waals surface area contributed by atoms with Crippen molar-refractivity contribution in [2.24, 2.45) is 0 Å². The average Bonchev–Trinajstić information content (AvgIpc) is 3.18. The van der Waals surface area contributed by atoms with E-state index in [4.69, 9.17) is 4.74 Å². The number of H-pyrrole nitrogens is 1. The van der Waals surface area contributed by atoms with Gasteiger partial charge in [0.25, 0.3) is 5.56 Å². The number of fused-ring (bicyclic) bond motifs is 1. The minimum Gasteiger partial charge on any atom is -0.497 e. The number of nitrogens with one attached hydrogen (secondary N) is 2. The summed E-state index contributed by atoms with van der Waals surface area (Å²) in [6.07, 6.45) is 0. The number of ether oxygens (including phenoxy) is 1. The fourth-order valence-electron chi connectivity index (χ4n) is 3.20. The molecule has 0 spiro atoms. The molecule has 0 saturated carbocycles. The van der Waals surface area contributed by atoms with E-state index in [1.165, 1.54) is 11.8 Å². The van der Waals surface area contributed by atoms with Crippen LogP contribution in [0.2, 0.25) is 0 Å². The van der Waals surface area contributed by atoms with Crippen LogP contribution in [0.1, 0.15) is 11.3 Å². The lowest BCUT2D eigenvalue weighted by Gasteiger charge is -2.12. The molecule has 0 aliphatic heterocycles. The zero-order valence-corrected chi connectivity index (χ0v) is 18.0. The van der Waals surface area contributed by atoms with E-state index in [1.54, 1.807) is 11.7 Å². The highest BCUT2D eigenvalue weighted by atomic mass is 32.2. The van der Waals surface area contributed by atoms with E-state index in [-0.39, 0.29) is 17.2 Å². The van der Waals surface area contributed by atoms with Gasteiger partial charge in [0.2, 0.25) is 5.91 Å². The first-order valence-corrected chi connectivity index (χ1v) is 10.7. The lowest BCUT2D eigenvalue weighted by atomic mass is 10.2. The molecule has 0 atom stereocenters.